The fourth-order valence-corrected chi connectivity index (χ4v) is 1.90. The van der Waals surface area contributed by atoms with Crippen LogP contribution in [-0.4, -0.2) is 44.3 Å². The Hall–Kier alpha value is -0.830. The first-order valence-corrected chi connectivity index (χ1v) is 6.99. The Morgan fingerprint density at radius 1 is 1.38 bits per heavy atom. The maximum absolute atomic E-state index is 12.2. The molecule has 2 N–H and O–H groups in total. The standard InChI is InChI=1S/C13H17BrF3NO3/c1-20-5-4-18-7-9-6-10(14)2-3-11(9)21-8-12(19)13(15,16)17/h2-3,6,12,18-19H,4-5,7-8H2,1H3. The molecule has 1 rings (SSSR count). The van der Waals surface area contributed by atoms with E-state index >= 15 is 0 Å². The molecular weight excluding hydrogens is 355 g/mol. The zero-order chi connectivity index (χ0) is 15.9. The maximum Gasteiger partial charge on any atom is 0.417 e. The fourth-order valence-electron chi connectivity index (χ4n) is 1.49. The van der Waals surface area contributed by atoms with Gasteiger partial charge in [-0.3, -0.25) is 0 Å². The van der Waals surface area contributed by atoms with Gasteiger partial charge >= 0.3 is 6.18 Å². The lowest BCUT2D eigenvalue weighted by molar-refractivity contribution is -0.210. The van der Waals surface area contributed by atoms with E-state index in [1.165, 1.54) is 0 Å². The van der Waals surface area contributed by atoms with Crippen molar-refractivity contribution in [2.24, 2.45) is 0 Å². The minimum Gasteiger partial charge on any atom is -0.490 e. The van der Waals surface area contributed by atoms with E-state index in [1.807, 2.05) is 0 Å². The van der Waals surface area contributed by atoms with Gasteiger partial charge in [-0.1, -0.05) is 15.9 Å². The van der Waals surface area contributed by atoms with E-state index in [-0.39, 0.29) is 0 Å². The van der Waals surface area contributed by atoms with Crippen LogP contribution in [0.3, 0.4) is 0 Å². The van der Waals surface area contributed by atoms with Gasteiger partial charge in [0.1, 0.15) is 12.4 Å². The highest BCUT2D eigenvalue weighted by molar-refractivity contribution is 9.10. The first kappa shape index (κ1) is 18.2. The molecule has 0 aliphatic rings. The van der Waals surface area contributed by atoms with Crippen molar-refractivity contribution in [3.8, 4) is 5.75 Å². The minimum absolute atomic E-state index is 0.298. The lowest BCUT2D eigenvalue weighted by Gasteiger charge is -2.17. The zero-order valence-electron chi connectivity index (χ0n) is 11.4. The quantitative estimate of drug-likeness (QED) is 0.689. The molecular formula is C13H17BrF3NO3. The molecule has 0 fully saturated rings. The number of rotatable bonds is 8. The van der Waals surface area contributed by atoms with Crippen molar-refractivity contribution in [2.75, 3.05) is 26.9 Å². The molecule has 0 aromatic heterocycles. The van der Waals surface area contributed by atoms with Crippen LogP contribution in [-0.2, 0) is 11.3 Å². The van der Waals surface area contributed by atoms with Crippen LogP contribution in [0.25, 0.3) is 0 Å². The van der Waals surface area contributed by atoms with E-state index < -0.39 is 18.9 Å². The Bertz CT molecular complexity index is 443. The summed E-state index contributed by atoms with van der Waals surface area (Å²) in [6.45, 7) is 0.709. The average molecular weight is 372 g/mol. The Morgan fingerprint density at radius 3 is 2.71 bits per heavy atom. The minimum atomic E-state index is -4.69. The highest BCUT2D eigenvalue weighted by Gasteiger charge is 2.38. The molecule has 0 amide bonds. The van der Waals surface area contributed by atoms with E-state index in [0.29, 0.717) is 31.0 Å². The molecule has 120 valence electrons. The summed E-state index contributed by atoms with van der Waals surface area (Å²) in [4.78, 5) is 0. The summed E-state index contributed by atoms with van der Waals surface area (Å²) in [5, 5.41) is 12.0. The molecule has 1 atom stereocenters. The summed E-state index contributed by atoms with van der Waals surface area (Å²) in [6.07, 6.45) is -7.19. The number of hydrogen-bond acceptors (Lipinski definition) is 4. The van der Waals surface area contributed by atoms with Crippen molar-refractivity contribution in [3.05, 3.63) is 28.2 Å². The number of alkyl halides is 3. The van der Waals surface area contributed by atoms with Crippen LogP contribution in [0.2, 0.25) is 0 Å². The fraction of sp³-hybridized carbons (Fsp3) is 0.538. The average Bonchev–Trinajstić information content (AvgIpc) is 2.41. The van der Waals surface area contributed by atoms with Gasteiger partial charge in [0.15, 0.2) is 6.10 Å². The molecule has 0 saturated carbocycles. The van der Waals surface area contributed by atoms with Crippen LogP contribution in [0.15, 0.2) is 22.7 Å². The molecule has 1 aromatic carbocycles. The maximum atomic E-state index is 12.2. The lowest BCUT2D eigenvalue weighted by atomic mass is 10.2. The lowest BCUT2D eigenvalue weighted by Crippen LogP contribution is -2.34. The molecule has 0 spiro atoms. The Kier molecular flexibility index (Phi) is 7.44. The van der Waals surface area contributed by atoms with Crippen molar-refractivity contribution in [1.29, 1.82) is 0 Å². The number of aliphatic hydroxyl groups is 1. The summed E-state index contributed by atoms with van der Waals surface area (Å²) >= 11 is 3.29. The molecule has 4 nitrogen and oxygen atoms in total. The third kappa shape index (κ3) is 6.64. The third-order valence-electron chi connectivity index (χ3n) is 2.60. The first-order chi connectivity index (χ1) is 9.84. The van der Waals surface area contributed by atoms with Crippen molar-refractivity contribution in [3.63, 3.8) is 0 Å². The normalized spacial score (nSPS) is 13.2. The molecule has 0 aliphatic carbocycles. The van der Waals surface area contributed by atoms with E-state index in [0.717, 1.165) is 4.47 Å². The number of methoxy groups -OCH3 is 1. The predicted molar refractivity (Wildman–Crippen MR) is 75.3 cm³/mol. The molecule has 0 radical (unpaired) electrons. The molecule has 1 unspecified atom stereocenters. The SMILES string of the molecule is COCCNCc1cc(Br)ccc1OCC(O)C(F)(F)F. The Balaban J connectivity index is 2.64. The van der Waals surface area contributed by atoms with Gasteiger partial charge in [-0.2, -0.15) is 13.2 Å². The first-order valence-electron chi connectivity index (χ1n) is 6.20. The van der Waals surface area contributed by atoms with Gasteiger partial charge in [-0.15, -0.1) is 0 Å². The molecule has 0 aliphatic heterocycles. The second kappa shape index (κ2) is 8.57. The highest BCUT2D eigenvalue weighted by atomic mass is 79.9. The number of ether oxygens (including phenoxy) is 2. The van der Waals surface area contributed by atoms with Gasteiger partial charge in [-0.25, -0.2) is 0 Å². The molecule has 0 bridgehead atoms. The summed E-state index contributed by atoms with van der Waals surface area (Å²) in [5.74, 6) is 0.298. The van der Waals surface area contributed by atoms with Crippen LogP contribution in [0.5, 0.6) is 5.75 Å². The third-order valence-corrected chi connectivity index (χ3v) is 3.09. The summed E-state index contributed by atoms with van der Waals surface area (Å²) in [7, 11) is 1.58. The second-order valence-electron chi connectivity index (χ2n) is 4.29. The van der Waals surface area contributed by atoms with Gasteiger partial charge in [-0.05, 0) is 18.2 Å². The molecule has 8 heteroatoms. The van der Waals surface area contributed by atoms with Crippen molar-refractivity contribution in [2.45, 2.75) is 18.8 Å². The smallest absolute Gasteiger partial charge is 0.417 e. The molecule has 21 heavy (non-hydrogen) atoms. The topological polar surface area (TPSA) is 50.7 Å². The summed E-state index contributed by atoms with van der Waals surface area (Å²) < 4.78 is 47.5. The van der Waals surface area contributed by atoms with Crippen LogP contribution in [0, 0.1) is 0 Å². The highest BCUT2D eigenvalue weighted by Crippen LogP contribution is 2.25. The van der Waals surface area contributed by atoms with E-state index in [2.05, 4.69) is 21.2 Å². The van der Waals surface area contributed by atoms with Crippen LogP contribution in [0.4, 0.5) is 13.2 Å². The van der Waals surface area contributed by atoms with Gasteiger partial charge < -0.3 is 19.9 Å². The molecule has 0 heterocycles. The van der Waals surface area contributed by atoms with E-state index in [4.69, 9.17) is 14.6 Å². The number of nitrogens with one attached hydrogen (secondary N) is 1. The monoisotopic (exact) mass is 371 g/mol. The van der Waals surface area contributed by atoms with E-state index in [9.17, 15) is 13.2 Å². The van der Waals surface area contributed by atoms with Crippen molar-refractivity contribution in [1.82, 2.24) is 5.32 Å². The van der Waals surface area contributed by atoms with Gasteiger partial charge in [0, 0.05) is 30.2 Å². The molecule has 0 saturated heterocycles. The predicted octanol–water partition coefficient (Wildman–Crippen LogP) is 2.49. The Morgan fingerprint density at radius 2 is 2.10 bits per heavy atom. The van der Waals surface area contributed by atoms with Crippen LogP contribution >= 0.6 is 15.9 Å². The second-order valence-corrected chi connectivity index (χ2v) is 5.21. The van der Waals surface area contributed by atoms with Gasteiger partial charge in [0.05, 0.1) is 6.61 Å². The zero-order valence-corrected chi connectivity index (χ0v) is 13.0. The number of benzene rings is 1. The summed E-state index contributed by atoms with van der Waals surface area (Å²) in [5.41, 5.74) is 0.690. The van der Waals surface area contributed by atoms with Crippen molar-refractivity contribution >= 4 is 15.9 Å². The van der Waals surface area contributed by atoms with Gasteiger partial charge in [0.2, 0.25) is 0 Å². The van der Waals surface area contributed by atoms with Crippen LogP contribution < -0.4 is 10.1 Å². The van der Waals surface area contributed by atoms with Gasteiger partial charge in [0.25, 0.3) is 0 Å². The molecule has 1 aromatic rings. The van der Waals surface area contributed by atoms with E-state index in [1.54, 1.807) is 25.3 Å². The van der Waals surface area contributed by atoms with Crippen molar-refractivity contribution < 1.29 is 27.8 Å². The Labute approximate surface area is 129 Å². The largest absolute Gasteiger partial charge is 0.490 e. The summed E-state index contributed by atoms with van der Waals surface area (Å²) in [6, 6.07) is 4.96. The number of hydrogen-bond donors (Lipinski definition) is 2. The number of aliphatic hydroxyl groups excluding tert-OH is 1. The van der Waals surface area contributed by atoms with Crippen LogP contribution in [0.1, 0.15) is 5.56 Å². The number of halogens is 4.